The SMILES string of the molecule is CCCC(=O)N=C1S[C@H]2CS(=O)(=O)C[C@@H]2N1c1ccc(N(CC)CC)cc1C. The maximum absolute atomic E-state index is 12.2. The largest absolute Gasteiger partial charge is 0.372 e. The van der Waals surface area contributed by atoms with Crippen molar-refractivity contribution in [1.29, 1.82) is 0 Å². The molecular formula is C20H29N3O3S2. The molecule has 2 saturated heterocycles. The molecule has 0 spiro atoms. The monoisotopic (exact) mass is 423 g/mol. The molecule has 0 bridgehead atoms. The molecule has 6 nitrogen and oxygen atoms in total. The highest BCUT2D eigenvalue weighted by atomic mass is 32.2. The van der Waals surface area contributed by atoms with E-state index >= 15 is 0 Å². The first-order valence-electron chi connectivity index (χ1n) is 9.93. The Morgan fingerprint density at radius 1 is 1.25 bits per heavy atom. The van der Waals surface area contributed by atoms with Gasteiger partial charge in [0.1, 0.15) is 0 Å². The molecule has 2 heterocycles. The Balaban J connectivity index is 2.00. The Morgan fingerprint density at radius 3 is 2.57 bits per heavy atom. The van der Waals surface area contributed by atoms with Crippen LogP contribution in [0, 0.1) is 6.92 Å². The van der Waals surface area contributed by atoms with E-state index in [0.29, 0.717) is 11.6 Å². The zero-order valence-corrected chi connectivity index (χ0v) is 18.6. The first-order chi connectivity index (χ1) is 13.3. The normalized spacial score (nSPS) is 24.6. The second-order valence-corrected chi connectivity index (χ2v) is 10.7. The minimum atomic E-state index is -3.06. The molecule has 0 radical (unpaired) electrons. The third-order valence-corrected chi connectivity index (χ3v) is 8.53. The standard InChI is InChI=1S/C20H29N3O3S2/c1-5-8-19(24)21-20-23(17-12-28(25,26)13-18(17)27-20)16-10-9-15(11-14(16)4)22(6-2)7-3/h9-11,17-18H,5-8,12-13H2,1-4H3/t17-,18-/m0/s1. The Bertz CT molecular complexity index is 879. The molecule has 0 unspecified atom stereocenters. The minimum Gasteiger partial charge on any atom is -0.372 e. The number of fused-ring (bicyclic) bond motifs is 1. The highest BCUT2D eigenvalue weighted by Gasteiger charge is 2.49. The molecule has 1 amide bonds. The van der Waals surface area contributed by atoms with E-state index in [0.717, 1.165) is 36.4 Å². The van der Waals surface area contributed by atoms with Gasteiger partial charge in [-0.25, -0.2) is 8.42 Å². The molecule has 0 saturated carbocycles. The summed E-state index contributed by atoms with van der Waals surface area (Å²) in [6.07, 6.45) is 1.16. The fourth-order valence-corrected chi connectivity index (χ4v) is 7.84. The van der Waals surface area contributed by atoms with Gasteiger partial charge >= 0.3 is 0 Å². The third kappa shape index (κ3) is 4.22. The van der Waals surface area contributed by atoms with Gasteiger partial charge in [-0.2, -0.15) is 4.99 Å². The highest BCUT2D eigenvalue weighted by molar-refractivity contribution is 8.16. The number of aryl methyl sites for hydroxylation is 1. The summed E-state index contributed by atoms with van der Waals surface area (Å²) in [5, 5.41) is 0.571. The van der Waals surface area contributed by atoms with Crippen molar-refractivity contribution in [1.82, 2.24) is 0 Å². The Kier molecular flexibility index (Phi) is 6.39. The number of rotatable bonds is 6. The van der Waals surface area contributed by atoms with Crippen LogP contribution < -0.4 is 9.80 Å². The van der Waals surface area contributed by atoms with Gasteiger partial charge in [0, 0.05) is 36.1 Å². The average Bonchev–Trinajstić information content (AvgIpc) is 3.08. The van der Waals surface area contributed by atoms with Crippen molar-refractivity contribution in [3.63, 3.8) is 0 Å². The number of thioether (sulfide) groups is 1. The van der Waals surface area contributed by atoms with E-state index in [2.05, 4.69) is 35.9 Å². The lowest BCUT2D eigenvalue weighted by atomic mass is 10.1. The van der Waals surface area contributed by atoms with Gasteiger partial charge < -0.3 is 9.80 Å². The molecule has 0 aromatic heterocycles. The van der Waals surface area contributed by atoms with Crippen LogP contribution in [-0.4, -0.2) is 55.4 Å². The first kappa shape index (κ1) is 21.2. The van der Waals surface area contributed by atoms with Crippen molar-refractivity contribution in [2.45, 2.75) is 51.8 Å². The lowest BCUT2D eigenvalue weighted by Gasteiger charge is -2.28. The number of hydrogen-bond donors (Lipinski definition) is 0. The number of hydrogen-bond acceptors (Lipinski definition) is 5. The summed E-state index contributed by atoms with van der Waals surface area (Å²) < 4.78 is 24.4. The first-order valence-corrected chi connectivity index (χ1v) is 12.6. The van der Waals surface area contributed by atoms with Crippen LogP contribution in [0.3, 0.4) is 0 Å². The molecule has 3 rings (SSSR count). The zero-order chi connectivity index (χ0) is 20.5. The Labute approximate surface area is 172 Å². The van der Waals surface area contributed by atoms with Crippen LogP contribution in [0.1, 0.15) is 39.2 Å². The second-order valence-electron chi connectivity index (χ2n) is 7.35. The lowest BCUT2D eigenvalue weighted by molar-refractivity contribution is -0.117. The summed E-state index contributed by atoms with van der Waals surface area (Å²) in [6.45, 7) is 10.1. The molecule has 2 aliphatic rings. The van der Waals surface area contributed by atoms with Crippen molar-refractivity contribution in [2.24, 2.45) is 4.99 Å². The van der Waals surface area contributed by atoms with Gasteiger partial charge in [0.2, 0.25) is 5.91 Å². The summed E-state index contributed by atoms with van der Waals surface area (Å²) in [4.78, 5) is 20.8. The summed E-state index contributed by atoms with van der Waals surface area (Å²) in [5.74, 6) is 0.120. The van der Waals surface area contributed by atoms with Gasteiger partial charge in [-0.05, 0) is 51.0 Å². The number of benzene rings is 1. The van der Waals surface area contributed by atoms with E-state index in [1.54, 1.807) is 0 Å². The van der Waals surface area contributed by atoms with Crippen LogP contribution in [0.25, 0.3) is 0 Å². The van der Waals surface area contributed by atoms with Crippen LogP contribution in [0.15, 0.2) is 23.2 Å². The van der Waals surface area contributed by atoms with E-state index < -0.39 is 9.84 Å². The summed E-state index contributed by atoms with van der Waals surface area (Å²) in [5.41, 5.74) is 3.15. The number of sulfone groups is 1. The fraction of sp³-hybridized carbons (Fsp3) is 0.600. The van der Waals surface area contributed by atoms with E-state index in [4.69, 9.17) is 0 Å². The van der Waals surface area contributed by atoms with Crippen LogP contribution in [-0.2, 0) is 14.6 Å². The molecule has 154 valence electrons. The van der Waals surface area contributed by atoms with E-state index in [1.807, 2.05) is 24.8 Å². The smallest absolute Gasteiger partial charge is 0.248 e. The van der Waals surface area contributed by atoms with Crippen LogP contribution in [0.4, 0.5) is 11.4 Å². The van der Waals surface area contributed by atoms with Crippen LogP contribution >= 0.6 is 11.8 Å². The van der Waals surface area contributed by atoms with Crippen LogP contribution in [0.5, 0.6) is 0 Å². The number of nitrogens with zero attached hydrogens (tertiary/aromatic N) is 3. The molecule has 2 atom stereocenters. The topological polar surface area (TPSA) is 70.0 Å². The number of amides is 1. The summed E-state index contributed by atoms with van der Waals surface area (Å²) in [6, 6.07) is 6.08. The fourth-order valence-electron chi connectivity index (χ4n) is 3.92. The quantitative estimate of drug-likeness (QED) is 0.700. The van der Waals surface area contributed by atoms with Crippen LogP contribution in [0.2, 0.25) is 0 Å². The number of carbonyl (C=O) groups is 1. The average molecular weight is 424 g/mol. The molecule has 2 fully saturated rings. The van der Waals surface area contributed by atoms with Crippen molar-refractivity contribution in [3.05, 3.63) is 23.8 Å². The molecule has 1 aromatic rings. The zero-order valence-electron chi connectivity index (χ0n) is 17.0. The third-order valence-electron chi connectivity index (χ3n) is 5.32. The lowest BCUT2D eigenvalue weighted by Crippen LogP contribution is -2.38. The Hall–Kier alpha value is -1.54. The van der Waals surface area contributed by atoms with E-state index in [9.17, 15) is 13.2 Å². The van der Waals surface area contributed by atoms with Gasteiger partial charge in [0.15, 0.2) is 15.0 Å². The van der Waals surface area contributed by atoms with Gasteiger partial charge in [0.25, 0.3) is 0 Å². The maximum Gasteiger partial charge on any atom is 0.248 e. The highest BCUT2D eigenvalue weighted by Crippen LogP contribution is 2.42. The molecular weight excluding hydrogens is 394 g/mol. The molecule has 2 aliphatic heterocycles. The Morgan fingerprint density at radius 2 is 1.96 bits per heavy atom. The van der Waals surface area contributed by atoms with Crippen molar-refractivity contribution in [3.8, 4) is 0 Å². The predicted molar refractivity (Wildman–Crippen MR) is 118 cm³/mol. The number of amidine groups is 1. The number of carbonyl (C=O) groups excluding carboxylic acids is 1. The maximum atomic E-state index is 12.2. The van der Waals surface area contributed by atoms with E-state index in [-0.39, 0.29) is 28.7 Å². The number of anilines is 2. The minimum absolute atomic E-state index is 0.0694. The van der Waals surface area contributed by atoms with E-state index in [1.165, 1.54) is 11.8 Å². The predicted octanol–water partition coefficient (Wildman–Crippen LogP) is 3.24. The number of aliphatic imine (C=N–C) groups is 1. The van der Waals surface area contributed by atoms with Crippen molar-refractivity contribution >= 4 is 44.0 Å². The summed E-state index contributed by atoms with van der Waals surface area (Å²) in [7, 11) is -3.06. The summed E-state index contributed by atoms with van der Waals surface area (Å²) >= 11 is 1.43. The molecule has 28 heavy (non-hydrogen) atoms. The molecule has 1 aromatic carbocycles. The van der Waals surface area contributed by atoms with Gasteiger partial charge in [0.05, 0.1) is 17.5 Å². The molecule has 0 aliphatic carbocycles. The van der Waals surface area contributed by atoms with Gasteiger partial charge in [-0.15, -0.1) is 0 Å². The van der Waals surface area contributed by atoms with Crippen molar-refractivity contribution < 1.29 is 13.2 Å². The molecule has 8 heteroatoms. The van der Waals surface area contributed by atoms with Gasteiger partial charge in [-0.1, -0.05) is 18.7 Å². The van der Waals surface area contributed by atoms with Gasteiger partial charge in [-0.3, -0.25) is 4.79 Å². The molecule has 0 N–H and O–H groups in total. The van der Waals surface area contributed by atoms with Crippen molar-refractivity contribution in [2.75, 3.05) is 34.4 Å². The second kappa shape index (κ2) is 8.45.